The maximum Gasteiger partial charge on any atom is 0.278 e. The fraction of sp³-hybridized carbons (Fsp3) is 0.182. The summed E-state index contributed by atoms with van der Waals surface area (Å²) in [6, 6.07) is 12.2. The molecule has 0 fully saturated rings. The quantitative estimate of drug-likeness (QED) is 0.293. The first-order chi connectivity index (χ1) is 15.4. The van der Waals surface area contributed by atoms with Crippen LogP contribution in [0.25, 0.3) is 11.0 Å². The summed E-state index contributed by atoms with van der Waals surface area (Å²) in [5, 5.41) is 5.89. The summed E-state index contributed by atoms with van der Waals surface area (Å²) in [5.41, 5.74) is 2.70. The number of H-pyrrole nitrogens is 1. The van der Waals surface area contributed by atoms with E-state index in [9.17, 15) is 14.4 Å². The first-order valence-electron chi connectivity index (χ1n) is 9.82. The van der Waals surface area contributed by atoms with E-state index in [-0.39, 0.29) is 29.7 Å². The van der Waals surface area contributed by atoms with E-state index in [0.29, 0.717) is 33.3 Å². The molecule has 0 aliphatic carbocycles. The smallest absolute Gasteiger partial charge is 0.278 e. The molecule has 0 aliphatic heterocycles. The minimum absolute atomic E-state index is 0.0455. The molecular formula is C22H21N5O4S. The number of amides is 2. The van der Waals surface area contributed by atoms with Crippen molar-refractivity contribution < 1.29 is 14.0 Å². The SMILES string of the molecule is CC(=O)Nc1cccc(NC(=O)CSc2nc3cc(C)[nH]c3c(=O)n2Cc2ccco2)c1. The van der Waals surface area contributed by atoms with Crippen molar-refractivity contribution in [1.82, 2.24) is 14.5 Å². The molecule has 3 aromatic heterocycles. The van der Waals surface area contributed by atoms with Crippen LogP contribution in [-0.2, 0) is 16.1 Å². The van der Waals surface area contributed by atoms with Gasteiger partial charge in [-0.15, -0.1) is 0 Å². The number of aromatic amines is 1. The third-order valence-electron chi connectivity index (χ3n) is 4.53. The molecule has 32 heavy (non-hydrogen) atoms. The molecule has 3 N–H and O–H groups in total. The van der Waals surface area contributed by atoms with Gasteiger partial charge >= 0.3 is 0 Å². The van der Waals surface area contributed by atoms with Gasteiger partial charge in [0, 0.05) is 24.0 Å². The summed E-state index contributed by atoms with van der Waals surface area (Å²) in [7, 11) is 0. The fourth-order valence-electron chi connectivity index (χ4n) is 3.22. The second-order valence-corrected chi connectivity index (χ2v) is 8.12. The number of rotatable bonds is 7. The molecule has 3 heterocycles. The number of nitrogens with one attached hydrogen (secondary N) is 3. The van der Waals surface area contributed by atoms with E-state index in [4.69, 9.17) is 4.42 Å². The van der Waals surface area contributed by atoms with Crippen molar-refractivity contribution in [2.75, 3.05) is 16.4 Å². The van der Waals surface area contributed by atoms with Gasteiger partial charge in [-0.25, -0.2) is 4.98 Å². The molecule has 0 saturated carbocycles. The van der Waals surface area contributed by atoms with Crippen LogP contribution in [0.15, 0.2) is 63.1 Å². The zero-order chi connectivity index (χ0) is 22.7. The molecule has 0 bridgehead atoms. The number of nitrogens with zero attached hydrogens (tertiary/aromatic N) is 2. The maximum atomic E-state index is 13.1. The van der Waals surface area contributed by atoms with Gasteiger partial charge in [-0.3, -0.25) is 19.0 Å². The molecule has 2 amide bonds. The van der Waals surface area contributed by atoms with E-state index in [0.717, 1.165) is 17.5 Å². The number of fused-ring (bicyclic) bond motifs is 1. The highest BCUT2D eigenvalue weighted by Crippen LogP contribution is 2.21. The largest absolute Gasteiger partial charge is 0.467 e. The lowest BCUT2D eigenvalue weighted by molar-refractivity contribution is -0.114. The van der Waals surface area contributed by atoms with Crippen molar-refractivity contribution in [2.24, 2.45) is 0 Å². The summed E-state index contributed by atoms with van der Waals surface area (Å²) in [6.45, 7) is 3.48. The maximum absolute atomic E-state index is 13.1. The number of carbonyl (C=O) groups is 2. The van der Waals surface area contributed by atoms with Crippen LogP contribution in [0.1, 0.15) is 18.4 Å². The Hall–Kier alpha value is -3.79. The minimum Gasteiger partial charge on any atom is -0.467 e. The number of hydrogen-bond acceptors (Lipinski definition) is 6. The lowest BCUT2D eigenvalue weighted by Crippen LogP contribution is -2.24. The molecule has 0 spiro atoms. The van der Waals surface area contributed by atoms with Crippen LogP contribution in [-0.4, -0.2) is 32.1 Å². The van der Waals surface area contributed by atoms with Crippen LogP contribution in [0, 0.1) is 6.92 Å². The number of carbonyl (C=O) groups excluding carboxylic acids is 2. The van der Waals surface area contributed by atoms with Crippen molar-refractivity contribution in [3.05, 3.63) is 70.5 Å². The van der Waals surface area contributed by atoms with Crippen LogP contribution in [0.5, 0.6) is 0 Å². The molecule has 164 valence electrons. The Labute approximate surface area is 187 Å². The Morgan fingerprint density at radius 3 is 2.66 bits per heavy atom. The summed E-state index contributed by atoms with van der Waals surface area (Å²) >= 11 is 1.16. The lowest BCUT2D eigenvalue weighted by atomic mass is 10.2. The predicted octanol–water partition coefficient (Wildman–Crippen LogP) is 3.36. The van der Waals surface area contributed by atoms with Crippen LogP contribution >= 0.6 is 11.8 Å². The topological polar surface area (TPSA) is 122 Å². The fourth-order valence-corrected chi connectivity index (χ4v) is 4.02. The zero-order valence-electron chi connectivity index (χ0n) is 17.5. The molecule has 10 heteroatoms. The van der Waals surface area contributed by atoms with Gasteiger partial charge in [0.1, 0.15) is 11.3 Å². The molecule has 1 aromatic carbocycles. The number of aromatic nitrogens is 3. The van der Waals surface area contributed by atoms with Crippen molar-refractivity contribution in [3.63, 3.8) is 0 Å². The highest BCUT2D eigenvalue weighted by atomic mass is 32.2. The summed E-state index contributed by atoms with van der Waals surface area (Å²) in [6.07, 6.45) is 1.54. The number of anilines is 2. The standard InChI is InChI=1S/C22H21N5O4S/c1-13-9-18-20(23-13)21(30)27(11-17-7-4-8-31-17)22(26-18)32-12-19(29)25-16-6-3-5-15(10-16)24-14(2)28/h3-10,23H,11-12H2,1-2H3,(H,24,28)(H,25,29). The van der Waals surface area contributed by atoms with Crippen molar-refractivity contribution in [1.29, 1.82) is 0 Å². The monoisotopic (exact) mass is 451 g/mol. The summed E-state index contributed by atoms with van der Waals surface area (Å²) in [4.78, 5) is 44.5. The van der Waals surface area contributed by atoms with Gasteiger partial charge in [0.05, 0.1) is 24.1 Å². The molecule has 0 saturated heterocycles. The zero-order valence-corrected chi connectivity index (χ0v) is 18.3. The van der Waals surface area contributed by atoms with E-state index >= 15 is 0 Å². The number of furan rings is 1. The summed E-state index contributed by atoms with van der Waals surface area (Å²) in [5.74, 6) is 0.195. The summed E-state index contributed by atoms with van der Waals surface area (Å²) < 4.78 is 6.88. The molecule has 4 aromatic rings. The highest BCUT2D eigenvalue weighted by Gasteiger charge is 2.16. The van der Waals surface area contributed by atoms with E-state index < -0.39 is 0 Å². The van der Waals surface area contributed by atoms with Crippen molar-refractivity contribution in [2.45, 2.75) is 25.5 Å². The third kappa shape index (κ3) is 4.92. The Bertz CT molecular complexity index is 1340. The molecule has 0 unspecified atom stereocenters. The first kappa shape index (κ1) is 21.4. The number of thioether (sulfide) groups is 1. The van der Waals surface area contributed by atoms with Crippen LogP contribution in [0.2, 0.25) is 0 Å². The second kappa shape index (κ2) is 9.15. The molecular weight excluding hydrogens is 430 g/mol. The molecule has 0 aliphatic rings. The Morgan fingerprint density at radius 1 is 1.16 bits per heavy atom. The molecule has 0 radical (unpaired) electrons. The van der Waals surface area contributed by atoms with Gasteiger partial charge in [0.2, 0.25) is 11.8 Å². The van der Waals surface area contributed by atoms with Gasteiger partial charge < -0.3 is 20.0 Å². The minimum atomic E-state index is -0.265. The number of hydrogen-bond donors (Lipinski definition) is 3. The van der Waals surface area contributed by atoms with E-state index in [2.05, 4.69) is 20.6 Å². The predicted molar refractivity (Wildman–Crippen MR) is 123 cm³/mol. The van der Waals surface area contributed by atoms with Crippen LogP contribution in [0.4, 0.5) is 11.4 Å². The number of benzene rings is 1. The van der Waals surface area contributed by atoms with Crippen molar-refractivity contribution in [3.8, 4) is 0 Å². The molecule has 0 atom stereocenters. The van der Waals surface area contributed by atoms with Gasteiger partial charge in [-0.05, 0) is 43.3 Å². The average Bonchev–Trinajstić information content (AvgIpc) is 3.38. The molecule has 9 nitrogen and oxygen atoms in total. The van der Waals surface area contributed by atoms with Gasteiger partial charge in [-0.2, -0.15) is 0 Å². The molecule has 4 rings (SSSR count). The highest BCUT2D eigenvalue weighted by molar-refractivity contribution is 7.99. The van der Waals surface area contributed by atoms with E-state index in [1.165, 1.54) is 11.5 Å². The lowest BCUT2D eigenvalue weighted by Gasteiger charge is -2.11. The number of aryl methyl sites for hydroxylation is 1. The van der Waals surface area contributed by atoms with Gasteiger partial charge in [0.15, 0.2) is 5.16 Å². The third-order valence-corrected chi connectivity index (χ3v) is 5.51. The van der Waals surface area contributed by atoms with Crippen molar-refractivity contribution >= 4 is 46.0 Å². The van der Waals surface area contributed by atoms with Gasteiger partial charge in [0.25, 0.3) is 5.56 Å². The van der Waals surface area contributed by atoms with E-state index in [1.807, 2.05) is 6.92 Å². The second-order valence-electron chi connectivity index (χ2n) is 7.18. The Morgan fingerprint density at radius 2 is 1.94 bits per heavy atom. The Kier molecular flexibility index (Phi) is 6.13. The van der Waals surface area contributed by atoms with Crippen LogP contribution in [0.3, 0.4) is 0 Å². The van der Waals surface area contributed by atoms with Gasteiger partial charge in [-0.1, -0.05) is 17.8 Å². The van der Waals surface area contributed by atoms with E-state index in [1.54, 1.807) is 48.7 Å². The first-order valence-corrected chi connectivity index (χ1v) is 10.8. The average molecular weight is 452 g/mol. The normalized spacial score (nSPS) is 10.9. The Balaban J connectivity index is 1.54. The van der Waals surface area contributed by atoms with Crippen LogP contribution < -0.4 is 16.2 Å².